The minimum atomic E-state index is 0.426. The molecule has 5 nitrogen and oxygen atoms in total. The highest BCUT2D eigenvalue weighted by Gasteiger charge is 2.41. The largest absolute Gasteiger partial charge is 0.472 e. The van der Waals surface area contributed by atoms with Crippen molar-refractivity contribution in [2.24, 2.45) is 11.8 Å². The highest BCUT2D eigenvalue weighted by molar-refractivity contribution is 5.05. The average molecular weight is 319 g/mol. The maximum absolute atomic E-state index is 6.21. The second-order valence-electron chi connectivity index (χ2n) is 7.55. The number of hydrogen-bond acceptors (Lipinski definition) is 5. The molecule has 0 unspecified atom stereocenters. The standard InChI is InChI=1S/C18H29N3O2/c1-19-5-7-20(8-6-19)12-18-17-11-21(4-2-16(17)14-23-18)10-15-3-9-22-13-15/h3,9,13,16-18H,2,4-8,10-12,14H2,1H3/t16-,17-,18+/m1/s1. The maximum atomic E-state index is 6.21. The predicted molar refractivity (Wildman–Crippen MR) is 89.3 cm³/mol. The number of furan rings is 1. The van der Waals surface area contributed by atoms with Crippen LogP contribution in [0.15, 0.2) is 23.0 Å². The minimum Gasteiger partial charge on any atom is -0.472 e. The summed E-state index contributed by atoms with van der Waals surface area (Å²) in [6.07, 6.45) is 5.35. The van der Waals surface area contributed by atoms with Gasteiger partial charge in [-0.15, -0.1) is 0 Å². The van der Waals surface area contributed by atoms with E-state index in [1.54, 1.807) is 6.26 Å². The first-order valence-corrected chi connectivity index (χ1v) is 9.04. The number of piperidine rings is 1. The van der Waals surface area contributed by atoms with Gasteiger partial charge >= 0.3 is 0 Å². The van der Waals surface area contributed by atoms with Gasteiger partial charge in [0.15, 0.2) is 0 Å². The van der Waals surface area contributed by atoms with Crippen LogP contribution in [0.3, 0.4) is 0 Å². The molecule has 1 aromatic heterocycles. The molecule has 0 saturated carbocycles. The van der Waals surface area contributed by atoms with Gasteiger partial charge in [0.2, 0.25) is 0 Å². The fraction of sp³-hybridized carbons (Fsp3) is 0.778. The number of likely N-dealkylation sites (tertiary alicyclic amines) is 1. The molecule has 3 aliphatic heterocycles. The summed E-state index contributed by atoms with van der Waals surface area (Å²) < 4.78 is 11.4. The SMILES string of the molecule is CN1CCN(C[C@@H]2OC[C@H]3CCN(Cc4ccoc4)C[C@H]32)CC1. The number of hydrogen-bond donors (Lipinski definition) is 0. The molecule has 3 atom stereocenters. The molecule has 0 spiro atoms. The van der Waals surface area contributed by atoms with Crippen LogP contribution in [0.4, 0.5) is 0 Å². The molecule has 0 bridgehead atoms. The first-order chi connectivity index (χ1) is 11.3. The van der Waals surface area contributed by atoms with Crippen LogP contribution in [0.1, 0.15) is 12.0 Å². The Morgan fingerprint density at radius 2 is 2.00 bits per heavy atom. The number of rotatable bonds is 4. The van der Waals surface area contributed by atoms with Crippen LogP contribution in [0, 0.1) is 11.8 Å². The average Bonchev–Trinajstić information content (AvgIpc) is 3.20. The molecule has 23 heavy (non-hydrogen) atoms. The monoisotopic (exact) mass is 319 g/mol. The molecule has 0 radical (unpaired) electrons. The van der Waals surface area contributed by atoms with Gasteiger partial charge in [0.05, 0.1) is 25.2 Å². The Kier molecular flexibility index (Phi) is 4.71. The lowest BCUT2D eigenvalue weighted by atomic mass is 9.84. The van der Waals surface area contributed by atoms with Gasteiger partial charge in [-0.1, -0.05) is 0 Å². The second-order valence-corrected chi connectivity index (χ2v) is 7.55. The maximum Gasteiger partial charge on any atom is 0.0947 e. The Morgan fingerprint density at radius 3 is 2.78 bits per heavy atom. The van der Waals surface area contributed by atoms with Crippen LogP contribution >= 0.6 is 0 Å². The van der Waals surface area contributed by atoms with Gasteiger partial charge in [-0.25, -0.2) is 0 Å². The first-order valence-electron chi connectivity index (χ1n) is 9.04. The van der Waals surface area contributed by atoms with Crippen LogP contribution in [0.25, 0.3) is 0 Å². The lowest BCUT2D eigenvalue weighted by molar-refractivity contribution is 0.0296. The predicted octanol–water partition coefficient (Wildman–Crippen LogP) is 1.36. The topological polar surface area (TPSA) is 32.1 Å². The molecule has 5 heteroatoms. The van der Waals surface area contributed by atoms with E-state index in [0.717, 1.165) is 25.6 Å². The van der Waals surface area contributed by atoms with Crippen LogP contribution in [0.5, 0.6) is 0 Å². The molecular formula is C18H29N3O2. The van der Waals surface area contributed by atoms with Crippen molar-refractivity contribution in [3.05, 3.63) is 24.2 Å². The van der Waals surface area contributed by atoms with Crippen LogP contribution < -0.4 is 0 Å². The van der Waals surface area contributed by atoms with Gasteiger partial charge in [-0.3, -0.25) is 9.80 Å². The fourth-order valence-electron chi connectivity index (χ4n) is 4.36. The summed E-state index contributed by atoms with van der Waals surface area (Å²) in [6.45, 7) is 10.2. The van der Waals surface area contributed by atoms with E-state index in [0.29, 0.717) is 12.0 Å². The van der Waals surface area contributed by atoms with Gasteiger partial charge < -0.3 is 14.1 Å². The number of likely N-dealkylation sites (N-methyl/N-ethyl adjacent to an activating group) is 1. The van der Waals surface area contributed by atoms with Gasteiger partial charge in [-0.05, 0) is 32.0 Å². The third-order valence-corrected chi connectivity index (χ3v) is 5.91. The third-order valence-electron chi connectivity index (χ3n) is 5.91. The molecular weight excluding hydrogens is 290 g/mol. The number of ether oxygens (including phenoxy) is 1. The summed E-state index contributed by atoms with van der Waals surface area (Å²) in [5, 5.41) is 0. The molecule has 1 aromatic rings. The van der Waals surface area contributed by atoms with Crippen molar-refractivity contribution in [2.75, 3.05) is 59.5 Å². The highest BCUT2D eigenvalue weighted by atomic mass is 16.5. The van der Waals surface area contributed by atoms with Crippen LogP contribution in [-0.2, 0) is 11.3 Å². The smallest absolute Gasteiger partial charge is 0.0947 e. The lowest BCUT2D eigenvalue weighted by Gasteiger charge is -2.38. The van der Waals surface area contributed by atoms with E-state index < -0.39 is 0 Å². The molecule has 128 valence electrons. The van der Waals surface area contributed by atoms with E-state index in [2.05, 4.69) is 27.8 Å². The van der Waals surface area contributed by atoms with E-state index >= 15 is 0 Å². The number of nitrogens with zero attached hydrogens (tertiary/aromatic N) is 3. The van der Waals surface area contributed by atoms with Crippen molar-refractivity contribution in [1.82, 2.24) is 14.7 Å². The zero-order chi connectivity index (χ0) is 15.6. The molecule has 0 amide bonds. The van der Waals surface area contributed by atoms with Gasteiger partial charge in [0.25, 0.3) is 0 Å². The van der Waals surface area contributed by atoms with E-state index in [1.807, 2.05) is 6.26 Å². The van der Waals surface area contributed by atoms with Crippen molar-refractivity contribution in [2.45, 2.75) is 19.1 Å². The molecule has 0 aliphatic carbocycles. The van der Waals surface area contributed by atoms with Crippen molar-refractivity contribution >= 4 is 0 Å². The van der Waals surface area contributed by atoms with E-state index in [9.17, 15) is 0 Å². The van der Waals surface area contributed by atoms with Gasteiger partial charge in [0.1, 0.15) is 0 Å². The second kappa shape index (κ2) is 6.93. The van der Waals surface area contributed by atoms with E-state index in [4.69, 9.17) is 9.15 Å². The van der Waals surface area contributed by atoms with E-state index in [-0.39, 0.29) is 0 Å². The fourth-order valence-corrected chi connectivity index (χ4v) is 4.36. The Bertz CT molecular complexity index is 484. The van der Waals surface area contributed by atoms with Crippen molar-refractivity contribution in [1.29, 1.82) is 0 Å². The summed E-state index contributed by atoms with van der Waals surface area (Å²) >= 11 is 0. The zero-order valence-electron chi connectivity index (χ0n) is 14.2. The molecule has 0 aromatic carbocycles. The summed E-state index contributed by atoms with van der Waals surface area (Å²) in [7, 11) is 2.22. The number of fused-ring (bicyclic) bond motifs is 1. The molecule has 3 fully saturated rings. The van der Waals surface area contributed by atoms with Crippen molar-refractivity contribution in [3.63, 3.8) is 0 Å². The normalized spacial score (nSPS) is 33.9. The quantitative estimate of drug-likeness (QED) is 0.837. The Labute approximate surface area is 139 Å². The molecule has 3 saturated heterocycles. The first kappa shape index (κ1) is 15.6. The van der Waals surface area contributed by atoms with Crippen molar-refractivity contribution < 1.29 is 9.15 Å². The molecule has 0 N–H and O–H groups in total. The van der Waals surface area contributed by atoms with Gasteiger partial charge in [-0.2, -0.15) is 0 Å². The van der Waals surface area contributed by atoms with Crippen molar-refractivity contribution in [3.8, 4) is 0 Å². The third kappa shape index (κ3) is 3.63. The van der Waals surface area contributed by atoms with Crippen LogP contribution in [-0.4, -0.2) is 80.3 Å². The highest BCUT2D eigenvalue weighted by Crippen LogP contribution is 2.35. The molecule has 3 aliphatic rings. The minimum absolute atomic E-state index is 0.426. The Balaban J connectivity index is 1.33. The van der Waals surface area contributed by atoms with Gasteiger partial charge in [0, 0.05) is 57.3 Å². The Morgan fingerprint density at radius 1 is 1.13 bits per heavy atom. The molecule has 4 rings (SSSR count). The zero-order valence-corrected chi connectivity index (χ0v) is 14.2. The number of piperazine rings is 1. The summed E-state index contributed by atoms with van der Waals surface area (Å²) in [5.74, 6) is 1.48. The lowest BCUT2D eigenvalue weighted by Crippen LogP contribution is -2.49. The van der Waals surface area contributed by atoms with E-state index in [1.165, 1.54) is 51.3 Å². The Hall–Kier alpha value is -0.880. The molecule has 4 heterocycles. The summed E-state index contributed by atoms with van der Waals surface area (Å²) in [5.41, 5.74) is 1.29. The summed E-state index contributed by atoms with van der Waals surface area (Å²) in [6, 6.07) is 2.08. The summed E-state index contributed by atoms with van der Waals surface area (Å²) in [4.78, 5) is 7.60. The van der Waals surface area contributed by atoms with Crippen LogP contribution in [0.2, 0.25) is 0 Å².